The Morgan fingerprint density at radius 1 is 1.31 bits per heavy atom. The van der Waals surface area contributed by atoms with Crippen LogP contribution in [0, 0.1) is 0 Å². The Labute approximate surface area is 164 Å². The molecule has 2 rings (SSSR count). The van der Waals surface area contributed by atoms with E-state index < -0.39 is 0 Å². The molecule has 1 N–H and O–H groups in total. The standard InChI is InChI=1S/C19H24N2O3S2/c1-3-5-11-20-17(22)10-12-21-18(23)16(26-19(21)25)13-14-6-8-15(9-7-14)24-4-2/h6-9,13H,3-5,10-12H2,1-2H3,(H,20,22). The van der Waals surface area contributed by atoms with E-state index >= 15 is 0 Å². The molecule has 1 aliphatic heterocycles. The van der Waals surface area contributed by atoms with Crippen LogP contribution in [0.4, 0.5) is 0 Å². The lowest BCUT2D eigenvalue weighted by atomic mass is 10.2. The number of hydrogen-bond donors (Lipinski definition) is 1. The van der Waals surface area contributed by atoms with Crippen LogP contribution in [0.25, 0.3) is 6.08 Å². The Kier molecular flexibility index (Phi) is 8.12. The van der Waals surface area contributed by atoms with Crippen molar-refractivity contribution in [3.05, 3.63) is 34.7 Å². The molecule has 1 saturated heterocycles. The van der Waals surface area contributed by atoms with Gasteiger partial charge in [-0.3, -0.25) is 14.5 Å². The molecule has 1 aromatic carbocycles. The van der Waals surface area contributed by atoms with Gasteiger partial charge in [0.1, 0.15) is 10.1 Å². The van der Waals surface area contributed by atoms with Crippen LogP contribution in [-0.4, -0.2) is 40.7 Å². The van der Waals surface area contributed by atoms with E-state index in [0.717, 1.165) is 24.2 Å². The third-order valence-electron chi connectivity index (χ3n) is 3.78. The number of hydrogen-bond acceptors (Lipinski definition) is 5. The molecule has 1 aromatic rings. The summed E-state index contributed by atoms with van der Waals surface area (Å²) in [6, 6.07) is 7.55. The number of thiocarbonyl (C=S) groups is 1. The van der Waals surface area contributed by atoms with Crippen LogP contribution < -0.4 is 10.1 Å². The lowest BCUT2D eigenvalue weighted by molar-refractivity contribution is -0.123. The highest BCUT2D eigenvalue weighted by Gasteiger charge is 2.31. The molecule has 7 heteroatoms. The minimum Gasteiger partial charge on any atom is -0.494 e. The first-order chi connectivity index (χ1) is 12.5. The molecule has 2 amide bonds. The van der Waals surface area contributed by atoms with Crippen LogP contribution in [0.15, 0.2) is 29.2 Å². The van der Waals surface area contributed by atoms with E-state index in [9.17, 15) is 9.59 Å². The van der Waals surface area contributed by atoms with Crippen LogP contribution >= 0.6 is 24.0 Å². The predicted octanol–water partition coefficient (Wildman–Crippen LogP) is 3.59. The highest BCUT2D eigenvalue weighted by Crippen LogP contribution is 2.32. The summed E-state index contributed by atoms with van der Waals surface area (Å²) in [5.41, 5.74) is 0.909. The minimum absolute atomic E-state index is 0.0528. The van der Waals surface area contributed by atoms with Crippen molar-refractivity contribution in [1.82, 2.24) is 10.2 Å². The first-order valence-corrected chi connectivity index (χ1v) is 10.0. The average Bonchev–Trinajstić information content (AvgIpc) is 2.89. The van der Waals surface area contributed by atoms with Gasteiger partial charge in [-0.1, -0.05) is 49.5 Å². The van der Waals surface area contributed by atoms with Gasteiger partial charge in [-0.15, -0.1) is 0 Å². The van der Waals surface area contributed by atoms with Crippen molar-refractivity contribution in [1.29, 1.82) is 0 Å². The highest BCUT2D eigenvalue weighted by molar-refractivity contribution is 8.26. The zero-order chi connectivity index (χ0) is 18.9. The van der Waals surface area contributed by atoms with Crippen LogP contribution in [-0.2, 0) is 9.59 Å². The zero-order valence-corrected chi connectivity index (χ0v) is 16.8. The van der Waals surface area contributed by atoms with Crippen molar-refractivity contribution < 1.29 is 14.3 Å². The number of carbonyl (C=O) groups excluding carboxylic acids is 2. The molecule has 5 nitrogen and oxygen atoms in total. The van der Waals surface area contributed by atoms with Gasteiger partial charge in [0.2, 0.25) is 5.91 Å². The van der Waals surface area contributed by atoms with Crippen molar-refractivity contribution in [3.63, 3.8) is 0 Å². The van der Waals surface area contributed by atoms with Crippen molar-refractivity contribution in [2.75, 3.05) is 19.7 Å². The topological polar surface area (TPSA) is 58.6 Å². The van der Waals surface area contributed by atoms with Gasteiger partial charge in [0.25, 0.3) is 5.91 Å². The fourth-order valence-corrected chi connectivity index (χ4v) is 3.69. The number of unbranched alkanes of at least 4 members (excludes halogenated alkanes) is 1. The first kappa shape index (κ1) is 20.5. The number of benzene rings is 1. The summed E-state index contributed by atoms with van der Waals surface area (Å²) >= 11 is 6.57. The third kappa shape index (κ3) is 5.85. The van der Waals surface area contributed by atoms with Gasteiger partial charge in [0.05, 0.1) is 11.5 Å². The van der Waals surface area contributed by atoms with Gasteiger partial charge in [0.15, 0.2) is 0 Å². The molecular formula is C19H24N2O3S2. The highest BCUT2D eigenvalue weighted by atomic mass is 32.2. The molecule has 0 spiro atoms. The molecule has 26 heavy (non-hydrogen) atoms. The molecule has 0 aromatic heterocycles. The first-order valence-electron chi connectivity index (χ1n) is 8.80. The monoisotopic (exact) mass is 392 g/mol. The summed E-state index contributed by atoms with van der Waals surface area (Å²) in [5.74, 6) is 0.601. The van der Waals surface area contributed by atoms with Crippen LogP contribution in [0.1, 0.15) is 38.7 Å². The summed E-state index contributed by atoms with van der Waals surface area (Å²) in [5, 5.41) is 2.85. The second kappa shape index (κ2) is 10.3. The molecule has 0 saturated carbocycles. The Morgan fingerprint density at radius 2 is 2.04 bits per heavy atom. The Bertz CT molecular complexity index is 687. The number of rotatable bonds is 9. The SMILES string of the molecule is CCCCNC(=O)CCN1C(=O)C(=Cc2ccc(OCC)cc2)SC1=S. The smallest absolute Gasteiger partial charge is 0.266 e. The summed E-state index contributed by atoms with van der Waals surface area (Å²) in [4.78, 5) is 26.4. The Hall–Kier alpha value is -1.86. The Morgan fingerprint density at radius 3 is 2.69 bits per heavy atom. The second-order valence-electron chi connectivity index (χ2n) is 5.79. The van der Waals surface area contributed by atoms with E-state index in [4.69, 9.17) is 17.0 Å². The quantitative estimate of drug-likeness (QED) is 0.395. The van der Waals surface area contributed by atoms with Crippen LogP contribution in [0.3, 0.4) is 0 Å². The number of carbonyl (C=O) groups is 2. The van der Waals surface area contributed by atoms with Crippen molar-refractivity contribution in [2.45, 2.75) is 33.1 Å². The molecule has 1 aliphatic rings. The van der Waals surface area contributed by atoms with Crippen LogP contribution in [0.2, 0.25) is 0 Å². The fraction of sp³-hybridized carbons (Fsp3) is 0.421. The van der Waals surface area contributed by atoms with E-state index in [2.05, 4.69) is 12.2 Å². The maximum absolute atomic E-state index is 12.6. The predicted molar refractivity (Wildman–Crippen MR) is 110 cm³/mol. The van der Waals surface area contributed by atoms with Crippen LogP contribution in [0.5, 0.6) is 5.75 Å². The fourth-order valence-electron chi connectivity index (χ4n) is 2.38. The molecule has 1 heterocycles. The number of nitrogens with one attached hydrogen (secondary N) is 1. The maximum Gasteiger partial charge on any atom is 0.266 e. The second-order valence-corrected chi connectivity index (χ2v) is 7.46. The van der Waals surface area contributed by atoms with Gasteiger partial charge < -0.3 is 10.1 Å². The van der Waals surface area contributed by atoms with E-state index in [0.29, 0.717) is 28.9 Å². The lowest BCUT2D eigenvalue weighted by Gasteiger charge is -2.14. The molecule has 0 unspecified atom stereocenters. The van der Waals surface area contributed by atoms with Crippen molar-refractivity contribution in [2.24, 2.45) is 0 Å². The maximum atomic E-state index is 12.6. The lowest BCUT2D eigenvalue weighted by Crippen LogP contribution is -2.33. The van der Waals surface area contributed by atoms with Gasteiger partial charge in [0, 0.05) is 19.5 Å². The Balaban J connectivity index is 1.93. The van der Waals surface area contributed by atoms with E-state index in [1.54, 1.807) is 0 Å². The average molecular weight is 393 g/mol. The third-order valence-corrected chi connectivity index (χ3v) is 5.16. The molecular weight excluding hydrogens is 368 g/mol. The van der Waals surface area contributed by atoms with Gasteiger partial charge in [-0.05, 0) is 37.1 Å². The summed E-state index contributed by atoms with van der Waals surface area (Å²) < 4.78 is 5.91. The number of ether oxygens (including phenoxy) is 1. The minimum atomic E-state index is -0.143. The molecule has 1 fully saturated rings. The summed E-state index contributed by atoms with van der Waals surface area (Å²) in [6.45, 7) is 5.60. The molecule has 0 atom stereocenters. The number of nitrogens with zero attached hydrogens (tertiary/aromatic N) is 1. The normalized spacial score (nSPS) is 15.6. The van der Waals surface area contributed by atoms with E-state index in [1.807, 2.05) is 37.3 Å². The van der Waals surface area contributed by atoms with Gasteiger partial charge >= 0.3 is 0 Å². The molecule has 0 radical (unpaired) electrons. The number of amides is 2. The van der Waals surface area contributed by atoms with E-state index in [-0.39, 0.29) is 18.2 Å². The van der Waals surface area contributed by atoms with E-state index in [1.165, 1.54) is 16.7 Å². The summed E-state index contributed by atoms with van der Waals surface area (Å²) in [6.07, 6.45) is 4.06. The summed E-state index contributed by atoms with van der Waals surface area (Å²) in [7, 11) is 0. The molecule has 0 aliphatic carbocycles. The largest absolute Gasteiger partial charge is 0.494 e. The van der Waals surface area contributed by atoms with Crippen molar-refractivity contribution in [3.8, 4) is 5.75 Å². The van der Waals surface area contributed by atoms with Crippen molar-refractivity contribution >= 4 is 46.2 Å². The number of thioether (sulfide) groups is 1. The van der Waals surface area contributed by atoms with Gasteiger partial charge in [-0.25, -0.2) is 0 Å². The van der Waals surface area contributed by atoms with Gasteiger partial charge in [-0.2, -0.15) is 0 Å². The molecule has 140 valence electrons. The zero-order valence-electron chi connectivity index (χ0n) is 15.1. The molecule has 0 bridgehead atoms.